The predicted molar refractivity (Wildman–Crippen MR) is 153 cm³/mol. The van der Waals surface area contributed by atoms with Crippen LogP contribution in [-0.4, -0.2) is 14.4 Å². The summed E-state index contributed by atoms with van der Waals surface area (Å²) < 4.78 is 2.31. The van der Waals surface area contributed by atoms with Crippen molar-refractivity contribution in [1.29, 1.82) is 0 Å². The number of hydrogen-bond donors (Lipinski definition) is 0. The summed E-state index contributed by atoms with van der Waals surface area (Å²) in [4.78, 5) is 8.83. The molecule has 0 unspecified atom stereocenters. The Balaban J connectivity index is 1.24. The number of nitrogens with zero attached hydrogens (tertiary/aromatic N) is 3. The van der Waals surface area contributed by atoms with E-state index in [4.69, 9.17) is 0 Å². The number of hydrogen-bond acceptors (Lipinski definition) is 2. The third-order valence-electron chi connectivity index (χ3n) is 7.54. The van der Waals surface area contributed by atoms with Crippen LogP contribution >= 0.6 is 0 Å². The zero-order chi connectivity index (χ0) is 24.3. The lowest BCUT2D eigenvalue weighted by atomic mass is 9.96. The maximum absolute atomic E-state index is 4.41. The van der Waals surface area contributed by atoms with Crippen molar-refractivity contribution in [3.05, 3.63) is 128 Å². The molecule has 3 nitrogen and oxygen atoms in total. The van der Waals surface area contributed by atoms with Gasteiger partial charge in [0.05, 0.1) is 28.9 Å². The summed E-state index contributed by atoms with van der Waals surface area (Å²) in [5, 5.41) is 4.94. The molecule has 0 aliphatic rings. The van der Waals surface area contributed by atoms with E-state index in [2.05, 4.69) is 117 Å². The molecule has 3 heteroatoms. The van der Waals surface area contributed by atoms with Crippen LogP contribution in [0.25, 0.3) is 71.5 Å². The van der Waals surface area contributed by atoms with E-state index in [-0.39, 0.29) is 0 Å². The normalized spacial score (nSPS) is 11.8. The number of aromatic nitrogens is 3. The lowest BCUT2D eigenvalue weighted by molar-refractivity contribution is 1.27. The van der Waals surface area contributed by atoms with Gasteiger partial charge in [0.1, 0.15) is 0 Å². The van der Waals surface area contributed by atoms with Crippen LogP contribution in [0.15, 0.2) is 128 Å². The average Bonchev–Trinajstić information content (AvgIpc) is 3.49. The first-order valence-corrected chi connectivity index (χ1v) is 12.5. The molecular weight excluding hydrogens is 450 g/mol. The van der Waals surface area contributed by atoms with E-state index < -0.39 is 0 Å². The van der Waals surface area contributed by atoms with Crippen LogP contribution in [-0.2, 0) is 0 Å². The lowest BCUT2D eigenvalue weighted by Gasteiger charge is -2.08. The highest BCUT2D eigenvalue weighted by atomic mass is 14.9. The van der Waals surface area contributed by atoms with Gasteiger partial charge in [-0.15, -0.1) is 0 Å². The van der Waals surface area contributed by atoms with Gasteiger partial charge < -0.3 is 4.40 Å². The van der Waals surface area contributed by atoms with Gasteiger partial charge in [0.2, 0.25) is 0 Å². The van der Waals surface area contributed by atoms with Crippen LogP contribution in [0.2, 0.25) is 0 Å². The van der Waals surface area contributed by atoms with Crippen LogP contribution in [0.4, 0.5) is 0 Å². The maximum Gasteiger partial charge on any atom is 0.0725 e. The number of fused-ring (bicyclic) bond motifs is 6. The van der Waals surface area contributed by atoms with Gasteiger partial charge in [-0.05, 0) is 57.6 Å². The lowest BCUT2D eigenvalue weighted by Crippen LogP contribution is -1.83. The van der Waals surface area contributed by atoms with Crippen molar-refractivity contribution in [3.8, 4) is 33.4 Å². The van der Waals surface area contributed by atoms with Gasteiger partial charge in [0.15, 0.2) is 0 Å². The molecule has 0 amide bonds. The Morgan fingerprint density at radius 2 is 0.838 bits per heavy atom. The fraction of sp³-hybridized carbons (Fsp3) is 0. The van der Waals surface area contributed by atoms with Crippen LogP contribution in [0, 0.1) is 0 Å². The molecule has 37 heavy (non-hydrogen) atoms. The van der Waals surface area contributed by atoms with Crippen molar-refractivity contribution in [1.82, 2.24) is 14.4 Å². The van der Waals surface area contributed by atoms with Crippen LogP contribution in [0.3, 0.4) is 0 Å². The van der Waals surface area contributed by atoms with Crippen LogP contribution in [0.5, 0.6) is 0 Å². The molecule has 0 radical (unpaired) electrons. The molecule has 0 aliphatic carbocycles. The second kappa shape index (κ2) is 7.74. The summed E-state index contributed by atoms with van der Waals surface area (Å²) in [6.45, 7) is 0. The molecule has 4 aromatic carbocycles. The zero-order valence-electron chi connectivity index (χ0n) is 20.0. The average molecular weight is 472 g/mol. The van der Waals surface area contributed by atoms with Gasteiger partial charge in [-0.2, -0.15) is 0 Å². The van der Waals surface area contributed by atoms with E-state index in [1.165, 1.54) is 60.4 Å². The summed E-state index contributed by atoms with van der Waals surface area (Å²) in [5.74, 6) is 0. The Labute approximate surface area is 213 Å². The monoisotopic (exact) mass is 471 g/mol. The fourth-order valence-corrected chi connectivity index (χ4v) is 5.75. The highest BCUT2D eigenvalue weighted by Crippen LogP contribution is 2.41. The van der Waals surface area contributed by atoms with Crippen LogP contribution < -0.4 is 0 Å². The third kappa shape index (κ3) is 3.01. The highest BCUT2D eigenvalue weighted by Gasteiger charge is 2.18. The van der Waals surface area contributed by atoms with Gasteiger partial charge in [-0.25, -0.2) is 0 Å². The van der Waals surface area contributed by atoms with Crippen molar-refractivity contribution >= 4 is 38.1 Å². The van der Waals surface area contributed by atoms with E-state index in [0.29, 0.717) is 0 Å². The minimum atomic E-state index is 1.12. The molecule has 0 atom stereocenters. The van der Waals surface area contributed by atoms with Crippen molar-refractivity contribution in [2.45, 2.75) is 0 Å². The Hall–Kier alpha value is -5.02. The van der Waals surface area contributed by atoms with E-state index in [9.17, 15) is 0 Å². The SMILES string of the molecule is c1ccc(-c2ccc(-c3ccc(-c4cc5c6ccncc6n6c7cnccc7c(c4)c56)cc3)cc2)cc1. The molecule has 0 saturated heterocycles. The quantitative estimate of drug-likeness (QED) is 0.258. The molecule has 0 spiro atoms. The van der Waals surface area contributed by atoms with Gasteiger partial charge in [0, 0.05) is 33.9 Å². The van der Waals surface area contributed by atoms with E-state index in [0.717, 1.165) is 11.0 Å². The smallest absolute Gasteiger partial charge is 0.0725 e. The maximum atomic E-state index is 4.41. The minimum Gasteiger partial charge on any atom is -0.305 e. The Kier molecular flexibility index (Phi) is 4.23. The largest absolute Gasteiger partial charge is 0.305 e. The van der Waals surface area contributed by atoms with E-state index >= 15 is 0 Å². The molecule has 4 aromatic heterocycles. The second-order valence-electron chi connectivity index (χ2n) is 9.56. The zero-order valence-corrected chi connectivity index (χ0v) is 20.0. The standard InChI is InChI=1S/C34H21N3/c1-2-4-22(5-3-1)23-6-8-24(9-7-23)25-10-12-26(13-11-25)27-18-30-28-14-16-35-20-32(28)37-33-21-36-17-15-29(33)31(19-27)34(30)37/h1-21H. The number of rotatable bonds is 3. The summed E-state index contributed by atoms with van der Waals surface area (Å²) in [6.07, 6.45) is 7.67. The molecule has 8 aromatic rings. The molecule has 8 rings (SSSR count). The Morgan fingerprint density at radius 1 is 0.405 bits per heavy atom. The van der Waals surface area contributed by atoms with Gasteiger partial charge in [0.25, 0.3) is 0 Å². The molecule has 0 bridgehead atoms. The molecular formula is C34H21N3. The van der Waals surface area contributed by atoms with Crippen molar-refractivity contribution in [2.24, 2.45) is 0 Å². The summed E-state index contributed by atoms with van der Waals surface area (Å²) >= 11 is 0. The van der Waals surface area contributed by atoms with Gasteiger partial charge in [-0.1, -0.05) is 78.9 Å². The van der Waals surface area contributed by atoms with Gasteiger partial charge in [-0.3, -0.25) is 9.97 Å². The summed E-state index contributed by atoms with van der Waals surface area (Å²) in [7, 11) is 0. The second-order valence-corrected chi connectivity index (χ2v) is 9.56. The number of pyridine rings is 2. The Morgan fingerprint density at radius 3 is 1.32 bits per heavy atom. The van der Waals surface area contributed by atoms with Crippen LogP contribution in [0.1, 0.15) is 0 Å². The first kappa shape index (κ1) is 20.2. The van der Waals surface area contributed by atoms with Crippen molar-refractivity contribution < 1.29 is 0 Å². The molecule has 172 valence electrons. The Bertz CT molecular complexity index is 1970. The van der Waals surface area contributed by atoms with Gasteiger partial charge >= 0.3 is 0 Å². The molecule has 0 fully saturated rings. The third-order valence-corrected chi connectivity index (χ3v) is 7.54. The first-order chi connectivity index (χ1) is 18.3. The van der Waals surface area contributed by atoms with E-state index in [1.807, 2.05) is 24.8 Å². The summed E-state index contributed by atoms with van der Waals surface area (Å²) in [5.41, 5.74) is 10.8. The van der Waals surface area contributed by atoms with Crippen molar-refractivity contribution in [2.75, 3.05) is 0 Å². The molecule has 4 heterocycles. The topological polar surface area (TPSA) is 30.2 Å². The first-order valence-electron chi connectivity index (χ1n) is 12.5. The highest BCUT2D eigenvalue weighted by molar-refractivity contribution is 6.24. The predicted octanol–water partition coefficient (Wildman–Crippen LogP) is 8.63. The minimum absolute atomic E-state index is 1.12. The number of benzene rings is 4. The molecule has 0 N–H and O–H groups in total. The van der Waals surface area contributed by atoms with Crippen molar-refractivity contribution in [3.63, 3.8) is 0 Å². The fourth-order valence-electron chi connectivity index (χ4n) is 5.75. The van der Waals surface area contributed by atoms with E-state index in [1.54, 1.807) is 0 Å². The molecule has 0 aliphatic heterocycles. The molecule has 0 saturated carbocycles. The summed E-state index contributed by atoms with van der Waals surface area (Å²) in [6, 6.07) is 37.1.